The Hall–Kier alpha value is -2.51. The van der Waals surface area contributed by atoms with Crippen LogP contribution >= 0.6 is 27.5 Å². The molecule has 1 N–H and O–H groups in total. The molecule has 6 nitrogen and oxygen atoms in total. The number of aryl methyl sites for hydroxylation is 1. The number of ketones is 1. The van der Waals surface area contributed by atoms with Gasteiger partial charge in [-0.1, -0.05) is 37.6 Å². The van der Waals surface area contributed by atoms with Crippen molar-refractivity contribution in [1.29, 1.82) is 0 Å². The summed E-state index contributed by atoms with van der Waals surface area (Å²) in [5, 5.41) is 7.69. The number of nitrogens with zero attached hydrogens (tertiary/aromatic N) is 3. The van der Waals surface area contributed by atoms with Crippen molar-refractivity contribution < 1.29 is 9.59 Å². The van der Waals surface area contributed by atoms with Gasteiger partial charge in [0, 0.05) is 18.2 Å². The monoisotopic (exact) mass is 488 g/mol. The smallest absolute Gasteiger partial charge is 0.230 e. The fourth-order valence-corrected chi connectivity index (χ4v) is 3.75. The number of para-hydroxylation sites is 1. The van der Waals surface area contributed by atoms with Gasteiger partial charge in [0.15, 0.2) is 11.6 Å². The highest BCUT2D eigenvalue weighted by Gasteiger charge is 2.19. The van der Waals surface area contributed by atoms with Crippen LogP contribution < -0.4 is 5.32 Å². The van der Waals surface area contributed by atoms with Crippen molar-refractivity contribution in [1.82, 2.24) is 14.8 Å². The van der Waals surface area contributed by atoms with E-state index in [0.29, 0.717) is 38.8 Å². The van der Waals surface area contributed by atoms with Crippen LogP contribution in [0.3, 0.4) is 0 Å². The zero-order chi connectivity index (χ0) is 21.8. The maximum absolute atomic E-state index is 12.9. The molecule has 0 fully saturated rings. The van der Waals surface area contributed by atoms with Crippen LogP contribution in [0.4, 0.5) is 5.69 Å². The Morgan fingerprint density at radius 2 is 2.00 bits per heavy atom. The standard InChI is InChI=1S/C22H22BrClN4O2/c1-13(2)10-18(29)16-7-4-6-14(3)21(16)26-20(30)12-15-11-19(23)27-28(15)22-17(24)8-5-9-25-22/h4-9,11,13H,10,12H2,1-3H3,(H,26,30). The second-order valence-corrected chi connectivity index (χ2v) is 8.64. The molecule has 3 rings (SSSR count). The van der Waals surface area contributed by atoms with Gasteiger partial charge in [0.05, 0.1) is 22.8 Å². The minimum Gasteiger partial charge on any atom is -0.325 e. The number of pyridine rings is 1. The lowest BCUT2D eigenvalue weighted by Crippen LogP contribution is -2.20. The van der Waals surface area contributed by atoms with Crippen LogP contribution in [-0.2, 0) is 11.2 Å². The van der Waals surface area contributed by atoms with Crippen LogP contribution in [0.25, 0.3) is 5.82 Å². The number of hydrogen-bond acceptors (Lipinski definition) is 4. The van der Waals surface area contributed by atoms with E-state index in [1.54, 1.807) is 30.5 Å². The van der Waals surface area contributed by atoms with Crippen molar-refractivity contribution in [3.8, 4) is 5.82 Å². The number of benzene rings is 1. The number of amides is 1. The third-order valence-electron chi connectivity index (χ3n) is 4.47. The number of nitrogens with one attached hydrogen (secondary N) is 1. The third-order valence-corrected chi connectivity index (χ3v) is 5.15. The molecule has 0 aliphatic rings. The summed E-state index contributed by atoms with van der Waals surface area (Å²) >= 11 is 9.60. The van der Waals surface area contributed by atoms with E-state index >= 15 is 0 Å². The van der Waals surface area contributed by atoms with Crippen molar-refractivity contribution in [3.05, 3.63) is 69.0 Å². The van der Waals surface area contributed by atoms with Gasteiger partial charge in [-0.3, -0.25) is 9.59 Å². The van der Waals surface area contributed by atoms with Gasteiger partial charge >= 0.3 is 0 Å². The molecule has 0 aliphatic carbocycles. The molecule has 0 spiro atoms. The number of halogens is 2. The van der Waals surface area contributed by atoms with E-state index in [0.717, 1.165) is 5.56 Å². The molecule has 0 radical (unpaired) electrons. The number of carbonyl (C=O) groups excluding carboxylic acids is 2. The van der Waals surface area contributed by atoms with Gasteiger partial charge in [-0.25, -0.2) is 9.67 Å². The van der Waals surface area contributed by atoms with E-state index in [1.807, 2.05) is 32.9 Å². The van der Waals surface area contributed by atoms with E-state index in [9.17, 15) is 9.59 Å². The zero-order valence-corrected chi connectivity index (χ0v) is 19.3. The highest BCUT2D eigenvalue weighted by molar-refractivity contribution is 9.10. The molecule has 156 valence electrons. The summed E-state index contributed by atoms with van der Waals surface area (Å²) in [5.41, 5.74) is 2.53. The Morgan fingerprint density at radius 3 is 2.70 bits per heavy atom. The molecule has 2 heterocycles. The lowest BCUT2D eigenvalue weighted by atomic mass is 9.97. The maximum atomic E-state index is 12.9. The average Bonchev–Trinajstić information content (AvgIpc) is 3.02. The van der Waals surface area contributed by atoms with Crippen molar-refractivity contribution in [2.75, 3.05) is 5.32 Å². The second-order valence-electron chi connectivity index (χ2n) is 7.42. The fourth-order valence-electron chi connectivity index (χ4n) is 3.12. The van der Waals surface area contributed by atoms with Gasteiger partial charge in [-0.05, 0) is 58.6 Å². The molecule has 0 saturated heterocycles. The van der Waals surface area contributed by atoms with Crippen molar-refractivity contribution in [2.45, 2.75) is 33.6 Å². The van der Waals surface area contributed by atoms with Gasteiger partial charge in [-0.15, -0.1) is 0 Å². The van der Waals surface area contributed by atoms with Crippen LogP contribution in [0.15, 0.2) is 47.2 Å². The van der Waals surface area contributed by atoms with E-state index in [4.69, 9.17) is 11.6 Å². The number of carbonyl (C=O) groups is 2. The summed E-state index contributed by atoms with van der Waals surface area (Å²) in [4.78, 5) is 29.8. The van der Waals surface area contributed by atoms with Gasteiger partial charge in [0.2, 0.25) is 5.91 Å². The van der Waals surface area contributed by atoms with E-state index in [1.165, 1.54) is 4.68 Å². The predicted molar refractivity (Wildman–Crippen MR) is 121 cm³/mol. The summed E-state index contributed by atoms with van der Waals surface area (Å²) in [7, 11) is 0. The molecule has 30 heavy (non-hydrogen) atoms. The van der Waals surface area contributed by atoms with Gasteiger partial charge < -0.3 is 5.32 Å². The first-order chi connectivity index (χ1) is 14.3. The number of Topliss-reactive ketones (excluding diaryl/α,β-unsaturated/α-hetero) is 1. The van der Waals surface area contributed by atoms with E-state index in [-0.39, 0.29) is 24.0 Å². The van der Waals surface area contributed by atoms with Crippen LogP contribution in [-0.4, -0.2) is 26.5 Å². The summed E-state index contributed by atoms with van der Waals surface area (Å²) in [5.74, 6) is 0.424. The van der Waals surface area contributed by atoms with Crippen molar-refractivity contribution >= 4 is 44.9 Å². The molecule has 0 unspecified atom stereocenters. The normalized spacial score (nSPS) is 11.0. The summed E-state index contributed by atoms with van der Waals surface area (Å²) in [6.07, 6.45) is 2.07. The molecule has 1 amide bonds. The number of rotatable bonds is 7. The van der Waals surface area contributed by atoms with E-state index in [2.05, 4.69) is 31.3 Å². The average molecular weight is 490 g/mol. The number of aromatic nitrogens is 3. The molecular formula is C22H22BrClN4O2. The SMILES string of the molecule is Cc1cccc(C(=O)CC(C)C)c1NC(=O)Cc1cc(Br)nn1-c1ncccc1Cl. The molecule has 0 bridgehead atoms. The largest absolute Gasteiger partial charge is 0.325 e. The third kappa shape index (κ3) is 5.15. The Balaban J connectivity index is 1.86. The lowest BCUT2D eigenvalue weighted by molar-refractivity contribution is -0.115. The first kappa shape index (κ1) is 22.2. The first-order valence-electron chi connectivity index (χ1n) is 9.54. The molecule has 1 aromatic carbocycles. The van der Waals surface area contributed by atoms with Crippen LogP contribution in [0, 0.1) is 12.8 Å². The minimum atomic E-state index is -0.261. The van der Waals surface area contributed by atoms with Crippen molar-refractivity contribution in [2.24, 2.45) is 5.92 Å². The summed E-state index contributed by atoms with van der Waals surface area (Å²) in [6.45, 7) is 5.86. The topological polar surface area (TPSA) is 76.9 Å². The van der Waals surface area contributed by atoms with Crippen LogP contribution in [0.2, 0.25) is 5.02 Å². The zero-order valence-electron chi connectivity index (χ0n) is 16.9. The lowest BCUT2D eigenvalue weighted by Gasteiger charge is -2.14. The molecular weight excluding hydrogens is 468 g/mol. The van der Waals surface area contributed by atoms with Crippen LogP contribution in [0.5, 0.6) is 0 Å². The van der Waals surface area contributed by atoms with Crippen LogP contribution in [0.1, 0.15) is 41.9 Å². The first-order valence-corrected chi connectivity index (χ1v) is 10.7. The Bertz CT molecular complexity index is 1090. The summed E-state index contributed by atoms with van der Waals surface area (Å²) < 4.78 is 2.10. The minimum absolute atomic E-state index is 0.0112. The molecule has 2 aromatic heterocycles. The van der Waals surface area contributed by atoms with Gasteiger partial charge in [0.25, 0.3) is 0 Å². The van der Waals surface area contributed by atoms with E-state index < -0.39 is 0 Å². The predicted octanol–water partition coefficient (Wildman–Crippen LogP) is 5.40. The quantitative estimate of drug-likeness (QED) is 0.451. The van der Waals surface area contributed by atoms with Crippen molar-refractivity contribution in [3.63, 3.8) is 0 Å². The highest BCUT2D eigenvalue weighted by Crippen LogP contribution is 2.25. The molecule has 8 heteroatoms. The Kier molecular flexibility index (Phi) is 7.05. The highest BCUT2D eigenvalue weighted by atomic mass is 79.9. The summed E-state index contributed by atoms with van der Waals surface area (Å²) in [6, 6.07) is 10.6. The molecule has 0 aliphatic heterocycles. The Labute approximate surface area is 188 Å². The Morgan fingerprint density at radius 1 is 1.23 bits per heavy atom. The van der Waals surface area contributed by atoms with Gasteiger partial charge in [0.1, 0.15) is 4.60 Å². The maximum Gasteiger partial charge on any atom is 0.230 e. The number of anilines is 1. The molecule has 0 atom stereocenters. The molecule has 0 saturated carbocycles. The molecule has 3 aromatic rings. The number of hydrogen-bond donors (Lipinski definition) is 1. The second kappa shape index (κ2) is 9.53. The van der Waals surface area contributed by atoms with Gasteiger partial charge in [-0.2, -0.15) is 5.10 Å². The fraction of sp³-hybridized carbons (Fsp3) is 0.273.